The molecule has 0 aromatic heterocycles. The van der Waals surface area contributed by atoms with Gasteiger partial charge < -0.3 is 4.18 Å². The number of hydrogen-bond donors (Lipinski definition) is 0. The predicted molar refractivity (Wildman–Crippen MR) is 40.4 cm³/mol. The average molecular weight is 169 g/mol. The third-order valence-corrected chi connectivity index (χ3v) is 2.57. The molecule has 4 heteroatoms. The Morgan fingerprint density at radius 1 is 1.88 bits per heavy atom. The molecule has 1 nitrogen and oxygen atoms in total. The molecule has 0 saturated carbocycles. The lowest BCUT2D eigenvalue weighted by Crippen LogP contribution is -2.18. The van der Waals surface area contributed by atoms with Crippen LogP contribution in [0.15, 0.2) is 0 Å². The van der Waals surface area contributed by atoms with Gasteiger partial charge in [0, 0.05) is 5.75 Å². The first kappa shape index (κ1) is 6.65. The Morgan fingerprint density at radius 3 is 3.00 bits per heavy atom. The number of alkyl halides is 1. The summed E-state index contributed by atoms with van der Waals surface area (Å²) in [6.45, 7) is 0. The molecule has 0 amide bonds. The molecular weight excluding hydrogens is 164 g/mol. The molecule has 1 fully saturated rings. The van der Waals surface area contributed by atoms with E-state index < -0.39 is 0 Å². The molecule has 0 radical (unpaired) electrons. The summed E-state index contributed by atoms with van der Waals surface area (Å²) in [5.74, 6) is 0.953. The minimum absolute atomic E-state index is 0.0359. The minimum atomic E-state index is -0.0359. The van der Waals surface area contributed by atoms with Crippen molar-refractivity contribution in [2.24, 2.45) is 0 Å². The molecule has 46 valence electrons. The maximum absolute atomic E-state index is 5.69. The van der Waals surface area contributed by atoms with Crippen LogP contribution >= 0.6 is 35.9 Å². The zero-order valence-electron chi connectivity index (χ0n) is 4.09. The highest BCUT2D eigenvalue weighted by Gasteiger charge is 2.17. The number of halogens is 1. The maximum Gasteiger partial charge on any atom is 0.195 e. The highest BCUT2D eigenvalue weighted by atomic mass is 35.5. The second kappa shape index (κ2) is 2.90. The average Bonchev–Trinajstić information content (AvgIpc) is 1.77. The van der Waals surface area contributed by atoms with Gasteiger partial charge in [0.05, 0.1) is 12.0 Å². The van der Waals surface area contributed by atoms with Crippen molar-refractivity contribution in [3.63, 3.8) is 0 Å². The second-order valence-corrected chi connectivity index (χ2v) is 3.22. The van der Waals surface area contributed by atoms with Crippen LogP contribution in [0.4, 0.5) is 0 Å². The first-order chi connectivity index (χ1) is 3.80. The summed E-state index contributed by atoms with van der Waals surface area (Å²) < 4.78 is 4.91. The number of rotatable bonds is 0. The molecule has 1 aliphatic rings. The number of hydrogen-bond acceptors (Lipinski definition) is 3. The number of thiocarbonyl (C=S) groups is 1. The van der Waals surface area contributed by atoms with E-state index in [0.717, 1.165) is 12.2 Å². The molecule has 0 N–H and O–H groups in total. The van der Waals surface area contributed by atoms with Gasteiger partial charge in [0.25, 0.3) is 0 Å². The van der Waals surface area contributed by atoms with Gasteiger partial charge in [0.1, 0.15) is 5.38 Å². The van der Waals surface area contributed by atoms with Crippen LogP contribution in [0.5, 0.6) is 0 Å². The maximum atomic E-state index is 5.69. The standard InChI is InChI=1S/C4H5ClOS2/c5-3-1-2-8-6-4(3)7/h3H,1-2H2. The smallest absolute Gasteiger partial charge is 0.195 e. The van der Waals surface area contributed by atoms with E-state index in [4.69, 9.17) is 28.0 Å². The van der Waals surface area contributed by atoms with Gasteiger partial charge in [-0.3, -0.25) is 0 Å². The summed E-state index contributed by atoms with van der Waals surface area (Å²) in [7, 11) is 0. The summed E-state index contributed by atoms with van der Waals surface area (Å²) in [4.78, 5) is 0. The van der Waals surface area contributed by atoms with E-state index >= 15 is 0 Å². The van der Waals surface area contributed by atoms with E-state index in [1.54, 1.807) is 0 Å². The van der Waals surface area contributed by atoms with E-state index in [1.807, 2.05) is 0 Å². The summed E-state index contributed by atoms with van der Waals surface area (Å²) in [5, 5.41) is 0.495. The molecule has 0 aromatic carbocycles. The van der Waals surface area contributed by atoms with Crippen LogP contribution in [0.25, 0.3) is 0 Å². The van der Waals surface area contributed by atoms with Crippen molar-refractivity contribution in [1.29, 1.82) is 0 Å². The summed E-state index contributed by atoms with van der Waals surface area (Å²) in [6, 6.07) is 0. The quantitative estimate of drug-likeness (QED) is 0.311. The fourth-order valence-electron chi connectivity index (χ4n) is 0.421. The van der Waals surface area contributed by atoms with Gasteiger partial charge in [-0.1, -0.05) is 0 Å². The summed E-state index contributed by atoms with van der Waals surface area (Å²) in [6.07, 6.45) is 0.936. The normalized spacial score (nSPS) is 29.6. The SMILES string of the molecule is S=C1OSCCC1Cl. The highest BCUT2D eigenvalue weighted by molar-refractivity contribution is 7.96. The van der Waals surface area contributed by atoms with Crippen molar-refractivity contribution in [2.75, 3.05) is 5.75 Å². The van der Waals surface area contributed by atoms with Gasteiger partial charge in [0.2, 0.25) is 0 Å². The van der Waals surface area contributed by atoms with Gasteiger partial charge in [0.15, 0.2) is 5.05 Å². The van der Waals surface area contributed by atoms with Crippen LogP contribution in [0.2, 0.25) is 0 Å². The van der Waals surface area contributed by atoms with E-state index in [9.17, 15) is 0 Å². The van der Waals surface area contributed by atoms with Crippen LogP contribution in [0, 0.1) is 0 Å². The van der Waals surface area contributed by atoms with Gasteiger partial charge in [-0.25, -0.2) is 0 Å². The van der Waals surface area contributed by atoms with Crippen molar-refractivity contribution in [2.45, 2.75) is 11.8 Å². The molecule has 0 bridgehead atoms. The monoisotopic (exact) mass is 168 g/mol. The van der Waals surface area contributed by atoms with Crippen molar-refractivity contribution in [3.8, 4) is 0 Å². The third kappa shape index (κ3) is 1.50. The lowest BCUT2D eigenvalue weighted by Gasteiger charge is -2.15. The first-order valence-electron chi connectivity index (χ1n) is 2.28. The van der Waals surface area contributed by atoms with E-state index in [2.05, 4.69) is 0 Å². The largest absolute Gasteiger partial charge is 0.417 e. The van der Waals surface area contributed by atoms with Crippen molar-refractivity contribution in [3.05, 3.63) is 0 Å². The Balaban J connectivity index is 2.39. The van der Waals surface area contributed by atoms with Crippen LogP contribution in [-0.4, -0.2) is 16.2 Å². The Hall–Kier alpha value is 0.530. The molecule has 8 heavy (non-hydrogen) atoms. The van der Waals surface area contributed by atoms with Gasteiger partial charge in [-0.15, -0.1) is 11.6 Å². The molecule has 1 saturated heterocycles. The molecule has 0 spiro atoms. The van der Waals surface area contributed by atoms with Crippen LogP contribution in [0.3, 0.4) is 0 Å². The lowest BCUT2D eigenvalue weighted by atomic mass is 10.3. The van der Waals surface area contributed by atoms with Crippen molar-refractivity contribution >= 4 is 40.9 Å². The molecule has 1 unspecified atom stereocenters. The predicted octanol–water partition coefficient (Wildman–Crippen LogP) is 1.99. The van der Waals surface area contributed by atoms with Crippen molar-refractivity contribution in [1.82, 2.24) is 0 Å². The van der Waals surface area contributed by atoms with E-state index in [0.29, 0.717) is 5.05 Å². The molecule has 1 rings (SSSR count). The molecule has 1 heterocycles. The molecule has 0 aliphatic carbocycles. The van der Waals surface area contributed by atoms with Crippen molar-refractivity contribution < 1.29 is 4.18 Å². The van der Waals surface area contributed by atoms with Gasteiger partial charge in [-0.05, 0) is 18.6 Å². The molecule has 1 aliphatic heterocycles. The Kier molecular flexibility index (Phi) is 2.41. The van der Waals surface area contributed by atoms with Crippen LogP contribution in [-0.2, 0) is 4.18 Å². The summed E-state index contributed by atoms with van der Waals surface area (Å²) >= 11 is 11.8. The van der Waals surface area contributed by atoms with Gasteiger partial charge >= 0.3 is 0 Å². The molecule has 0 aromatic rings. The lowest BCUT2D eigenvalue weighted by molar-refractivity contribution is 0.615. The van der Waals surface area contributed by atoms with Crippen LogP contribution in [0.1, 0.15) is 6.42 Å². The summed E-state index contributed by atoms with van der Waals surface area (Å²) in [5.41, 5.74) is 0. The molecular formula is C4H5ClOS2. The zero-order valence-corrected chi connectivity index (χ0v) is 6.48. The Labute approximate surface area is 62.9 Å². The zero-order chi connectivity index (χ0) is 5.98. The van der Waals surface area contributed by atoms with E-state index in [1.165, 1.54) is 12.0 Å². The second-order valence-electron chi connectivity index (χ2n) is 1.48. The fourth-order valence-corrected chi connectivity index (χ4v) is 1.67. The van der Waals surface area contributed by atoms with E-state index in [-0.39, 0.29) is 5.38 Å². The van der Waals surface area contributed by atoms with Gasteiger partial charge in [-0.2, -0.15) is 0 Å². The Morgan fingerprint density at radius 2 is 2.62 bits per heavy atom. The molecule has 1 atom stereocenters. The third-order valence-electron chi connectivity index (χ3n) is 0.851. The van der Waals surface area contributed by atoms with Crippen LogP contribution < -0.4 is 0 Å². The topological polar surface area (TPSA) is 9.23 Å². The first-order valence-corrected chi connectivity index (χ1v) is 4.03. The highest BCUT2D eigenvalue weighted by Crippen LogP contribution is 2.20. The fraction of sp³-hybridized carbons (Fsp3) is 0.750. The Bertz CT molecular complexity index is 106. The minimum Gasteiger partial charge on any atom is -0.417 e.